The second-order valence-electron chi connectivity index (χ2n) is 2.54. The minimum atomic E-state index is -2.37. The van der Waals surface area contributed by atoms with Crippen LogP contribution in [-0.2, 0) is 4.79 Å². The van der Waals surface area contributed by atoms with Gasteiger partial charge in [0.25, 0.3) is 0 Å². The maximum absolute atomic E-state index is 10.3. The number of carbonyl (C=O) groups is 1. The van der Waals surface area contributed by atoms with E-state index in [0.29, 0.717) is 0 Å². The van der Waals surface area contributed by atoms with Crippen LogP contribution >= 0.6 is 0 Å². The summed E-state index contributed by atoms with van der Waals surface area (Å²) in [6.45, 7) is -1.66. The van der Waals surface area contributed by atoms with Crippen LogP contribution in [0.5, 0.6) is 0 Å². The van der Waals surface area contributed by atoms with E-state index in [1.54, 1.807) is 0 Å². The first kappa shape index (κ1) is 16.0. The third-order valence-electron chi connectivity index (χ3n) is 1.44. The van der Waals surface area contributed by atoms with Gasteiger partial charge in [-0.05, 0) is 0 Å². The van der Waals surface area contributed by atoms with Gasteiger partial charge < -0.3 is 25.5 Å². The zero-order chi connectivity index (χ0) is 9.78. The Morgan fingerprint density at radius 3 is 2.08 bits per heavy atom. The first-order valence-corrected chi connectivity index (χ1v) is 3.32. The predicted octanol–water partition coefficient (Wildman–Crippen LogP) is -2.84. The van der Waals surface area contributed by atoms with Crippen molar-refractivity contribution in [1.82, 2.24) is 0 Å². The van der Waals surface area contributed by atoms with E-state index in [0.717, 1.165) is 0 Å². The van der Waals surface area contributed by atoms with Crippen LogP contribution in [0.4, 0.5) is 0 Å². The third kappa shape index (κ3) is 5.11. The number of hydrogen-bond donors (Lipinski definition) is 5. The zero-order valence-corrected chi connectivity index (χ0v) is 9.26. The molecule has 0 saturated carbocycles. The first-order valence-electron chi connectivity index (χ1n) is 3.32. The summed E-state index contributed by atoms with van der Waals surface area (Å²) in [5.41, 5.74) is -2.37. The molecule has 0 aliphatic carbocycles. The predicted molar refractivity (Wildman–Crippen MR) is 43.1 cm³/mol. The molecule has 0 bridgehead atoms. The van der Waals surface area contributed by atoms with Gasteiger partial charge in [-0.15, -0.1) is 0 Å². The Morgan fingerprint density at radius 1 is 1.38 bits per heavy atom. The fourth-order valence-electron chi connectivity index (χ4n) is 0.674. The molecule has 74 valence electrons. The Balaban J connectivity index is 0. The molecule has 0 heterocycles. The monoisotopic (exact) mass is 220 g/mol. The van der Waals surface area contributed by atoms with Crippen molar-refractivity contribution in [1.29, 1.82) is 0 Å². The van der Waals surface area contributed by atoms with E-state index in [4.69, 9.17) is 25.5 Å². The molecule has 2 atom stereocenters. The molecule has 0 aromatic heterocycles. The smallest absolute Gasteiger partial charge is 0.338 e. The quantitative estimate of drug-likeness (QED) is 0.318. The summed E-state index contributed by atoms with van der Waals surface area (Å²) in [6.07, 6.45) is -1.95. The van der Waals surface area contributed by atoms with Crippen LogP contribution in [0.1, 0.15) is 6.42 Å². The molecule has 2 radical (unpaired) electrons. The molecule has 0 spiro atoms. The molecule has 0 aromatic carbocycles. The van der Waals surface area contributed by atoms with Gasteiger partial charge in [-0.3, -0.25) is 0 Å². The van der Waals surface area contributed by atoms with Gasteiger partial charge in [0.1, 0.15) is 0 Å². The number of aliphatic hydroxyl groups is 4. The Bertz CT molecular complexity index is 163. The van der Waals surface area contributed by atoms with Crippen molar-refractivity contribution in [2.75, 3.05) is 13.2 Å². The van der Waals surface area contributed by atoms with E-state index >= 15 is 0 Å². The Labute approximate surface area is 105 Å². The third-order valence-corrected chi connectivity index (χ3v) is 1.44. The number of carboxylic acids is 1. The largest absolute Gasteiger partial charge is 0.479 e. The van der Waals surface area contributed by atoms with E-state index in [-0.39, 0.29) is 37.7 Å². The van der Waals surface area contributed by atoms with Gasteiger partial charge in [-0.2, -0.15) is 0 Å². The minimum Gasteiger partial charge on any atom is -0.479 e. The first-order chi connectivity index (χ1) is 5.46. The molecule has 0 fully saturated rings. The van der Waals surface area contributed by atoms with Crippen molar-refractivity contribution >= 4 is 43.7 Å². The van der Waals surface area contributed by atoms with Gasteiger partial charge >= 0.3 is 5.97 Å². The van der Waals surface area contributed by atoms with Gasteiger partial charge in [0, 0.05) is 44.2 Å². The van der Waals surface area contributed by atoms with E-state index in [9.17, 15) is 4.79 Å². The maximum atomic E-state index is 10.3. The molecule has 0 aliphatic heterocycles. The number of rotatable bonds is 5. The molecule has 6 nitrogen and oxygen atoms in total. The molecule has 13 heavy (non-hydrogen) atoms. The second-order valence-corrected chi connectivity index (χ2v) is 2.54. The van der Waals surface area contributed by atoms with Crippen molar-refractivity contribution in [2.45, 2.75) is 18.1 Å². The van der Waals surface area contributed by atoms with Crippen LogP contribution in [0, 0.1) is 0 Å². The topological polar surface area (TPSA) is 118 Å². The molecular formula is C6H12CaO6. The molecule has 0 aliphatic rings. The van der Waals surface area contributed by atoms with E-state index in [1.807, 2.05) is 0 Å². The van der Waals surface area contributed by atoms with Crippen LogP contribution in [0.15, 0.2) is 0 Å². The van der Waals surface area contributed by atoms with Crippen molar-refractivity contribution in [3.63, 3.8) is 0 Å². The number of aliphatic carboxylic acids is 1. The summed E-state index contributed by atoms with van der Waals surface area (Å²) in [5.74, 6) is -1.63. The van der Waals surface area contributed by atoms with Crippen LogP contribution in [0.3, 0.4) is 0 Å². The van der Waals surface area contributed by atoms with Gasteiger partial charge in [0.2, 0.25) is 0 Å². The summed E-state index contributed by atoms with van der Waals surface area (Å²) in [7, 11) is 0. The second kappa shape index (κ2) is 6.94. The van der Waals surface area contributed by atoms with E-state index in [1.165, 1.54) is 0 Å². The minimum absolute atomic E-state index is 0. The van der Waals surface area contributed by atoms with E-state index < -0.39 is 37.3 Å². The summed E-state index contributed by atoms with van der Waals surface area (Å²) in [4.78, 5) is 10.3. The molecule has 0 unspecified atom stereocenters. The zero-order valence-electron chi connectivity index (χ0n) is 7.05. The van der Waals surface area contributed by atoms with Crippen LogP contribution in [-0.4, -0.2) is 94.2 Å². The fourth-order valence-corrected chi connectivity index (χ4v) is 0.674. The van der Waals surface area contributed by atoms with Crippen molar-refractivity contribution in [2.24, 2.45) is 0 Å². The average molecular weight is 220 g/mol. The molecule has 0 saturated heterocycles. The number of hydrogen-bond acceptors (Lipinski definition) is 5. The van der Waals surface area contributed by atoms with Gasteiger partial charge in [-0.1, -0.05) is 0 Å². The molecule has 7 heteroatoms. The average Bonchev–Trinajstić information content (AvgIpc) is 2.03. The molecule has 0 rings (SSSR count). The van der Waals surface area contributed by atoms with E-state index in [2.05, 4.69) is 0 Å². The van der Waals surface area contributed by atoms with Crippen molar-refractivity contribution in [3.05, 3.63) is 0 Å². The van der Waals surface area contributed by atoms with Crippen LogP contribution in [0.25, 0.3) is 0 Å². The Hall–Kier alpha value is 0.570. The van der Waals surface area contributed by atoms with Gasteiger partial charge in [0.15, 0.2) is 5.60 Å². The molecule has 0 aromatic rings. The summed E-state index contributed by atoms with van der Waals surface area (Å²) in [6, 6.07) is 0. The molecule has 5 N–H and O–H groups in total. The molecule has 0 amide bonds. The SMILES string of the molecule is O=C(O)[C@@](O)(CO)C[C@H](O)CO.[Ca]. The Kier molecular flexibility index (Phi) is 8.55. The maximum Gasteiger partial charge on any atom is 0.338 e. The summed E-state index contributed by atoms with van der Waals surface area (Å²) >= 11 is 0. The summed E-state index contributed by atoms with van der Waals surface area (Å²) < 4.78 is 0. The van der Waals surface area contributed by atoms with Crippen LogP contribution in [0.2, 0.25) is 0 Å². The van der Waals surface area contributed by atoms with Crippen molar-refractivity contribution < 1.29 is 30.3 Å². The number of aliphatic hydroxyl groups excluding tert-OH is 3. The standard InChI is InChI=1S/C6H12O6.Ca/c7-2-4(9)1-6(12,3-8)5(10)11;/h4,7-9,12H,1-3H2,(H,10,11);/t4-,6-;/m0./s1. The summed E-state index contributed by atoms with van der Waals surface area (Å²) in [5, 5.41) is 43.1. The number of carboxylic acid groups (broad SMARTS) is 1. The van der Waals surface area contributed by atoms with Crippen molar-refractivity contribution in [3.8, 4) is 0 Å². The van der Waals surface area contributed by atoms with Gasteiger partial charge in [-0.25, -0.2) is 4.79 Å². The normalized spacial score (nSPS) is 16.9. The van der Waals surface area contributed by atoms with Gasteiger partial charge in [0.05, 0.1) is 19.3 Å². The van der Waals surface area contributed by atoms with Crippen LogP contribution < -0.4 is 0 Å². The fraction of sp³-hybridized carbons (Fsp3) is 0.833. The molecular weight excluding hydrogens is 208 g/mol. The Morgan fingerprint density at radius 2 is 1.85 bits per heavy atom.